The average molecular weight is 244 g/mol. The van der Waals surface area contributed by atoms with Crippen LogP contribution in [0.25, 0.3) is 0 Å². The maximum absolute atomic E-state index is 11.5. The number of nitrogens with two attached hydrogens (primary N) is 1. The average Bonchev–Trinajstić information content (AvgIpc) is 2.35. The lowest BCUT2D eigenvalue weighted by Gasteiger charge is -2.02. The third-order valence-electron chi connectivity index (χ3n) is 2.69. The molecular weight excluding hydrogens is 224 g/mol. The van der Waals surface area contributed by atoms with Crippen molar-refractivity contribution in [2.45, 2.75) is 27.3 Å². The highest BCUT2D eigenvalue weighted by Gasteiger charge is 2.08. The van der Waals surface area contributed by atoms with Crippen molar-refractivity contribution in [3.63, 3.8) is 0 Å². The highest BCUT2D eigenvalue weighted by molar-refractivity contribution is 5.99. The van der Waals surface area contributed by atoms with Crippen molar-refractivity contribution in [1.82, 2.24) is 0 Å². The van der Waals surface area contributed by atoms with Crippen LogP contribution < -0.4 is 5.73 Å². The number of allylic oxidation sites excluding steroid dienone is 2. The number of ketones is 1. The maximum Gasteiger partial charge on any atom is 0.181 e. The zero-order chi connectivity index (χ0) is 13.5. The van der Waals surface area contributed by atoms with E-state index < -0.39 is 0 Å². The summed E-state index contributed by atoms with van der Waals surface area (Å²) in [5.74, 6) is -0.122. The number of hydrogen-bond acceptors (Lipinski definition) is 3. The molecule has 0 aromatic heterocycles. The minimum atomic E-state index is -0.0778. The van der Waals surface area contributed by atoms with E-state index in [0.717, 1.165) is 0 Å². The fourth-order valence-electron chi connectivity index (χ4n) is 1.49. The number of aliphatic imine (C=N–C) groups is 1. The molecule has 1 aromatic carbocycles. The fourth-order valence-corrected chi connectivity index (χ4v) is 1.49. The van der Waals surface area contributed by atoms with Crippen LogP contribution in [0.15, 0.2) is 41.0 Å². The summed E-state index contributed by atoms with van der Waals surface area (Å²) in [4.78, 5) is 15.8. The van der Waals surface area contributed by atoms with Gasteiger partial charge in [-0.05, 0) is 24.1 Å². The number of hydrogen-bond donors (Lipinski definition) is 1. The van der Waals surface area contributed by atoms with E-state index in [1.807, 2.05) is 32.0 Å². The maximum atomic E-state index is 11.5. The zero-order valence-electron chi connectivity index (χ0n) is 11.2. The van der Waals surface area contributed by atoms with Crippen LogP contribution in [-0.4, -0.2) is 12.0 Å². The summed E-state index contributed by atoms with van der Waals surface area (Å²) in [6, 6.07) is 8.09. The molecule has 0 saturated heterocycles. The topological polar surface area (TPSA) is 55.4 Å². The lowest BCUT2D eigenvalue weighted by molar-refractivity contribution is -0.118. The van der Waals surface area contributed by atoms with Gasteiger partial charge in [0.2, 0.25) is 0 Å². The number of aryl methyl sites for hydroxylation is 1. The summed E-state index contributed by atoms with van der Waals surface area (Å²) >= 11 is 0. The van der Waals surface area contributed by atoms with Gasteiger partial charge in [0.15, 0.2) is 5.78 Å². The third-order valence-corrected chi connectivity index (χ3v) is 2.69. The van der Waals surface area contributed by atoms with Crippen LogP contribution >= 0.6 is 0 Å². The molecule has 0 aliphatic carbocycles. The van der Waals surface area contributed by atoms with Gasteiger partial charge in [0.1, 0.15) is 0 Å². The molecule has 1 aromatic rings. The first-order valence-electron chi connectivity index (χ1n) is 6.06. The minimum Gasteiger partial charge on any atom is -0.396 e. The van der Waals surface area contributed by atoms with Crippen LogP contribution in [0.4, 0.5) is 0 Å². The molecule has 96 valence electrons. The van der Waals surface area contributed by atoms with Crippen molar-refractivity contribution >= 4 is 12.0 Å². The number of carbonyl (C=O) groups is 1. The number of nitrogens with zero attached hydrogens (tertiary/aromatic N) is 1. The molecule has 0 unspecified atom stereocenters. The normalized spacial score (nSPS) is 12.3. The monoisotopic (exact) mass is 244 g/mol. The molecule has 1 rings (SSSR count). The Morgan fingerprint density at radius 2 is 2.06 bits per heavy atom. The Hall–Kier alpha value is -1.90. The van der Waals surface area contributed by atoms with Gasteiger partial charge >= 0.3 is 0 Å². The van der Waals surface area contributed by atoms with Gasteiger partial charge in [-0.1, -0.05) is 38.1 Å². The summed E-state index contributed by atoms with van der Waals surface area (Å²) in [5.41, 5.74) is 8.30. The highest BCUT2D eigenvalue weighted by Crippen LogP contribution is 2.07. The molecule has 2 N–H and O–H groups in total. The molecule has 0 saturated carbocycles. The van der Waals surface area contributed by atoms with Gasteiger partial charge in [-0.25, -0.2) is 0 Å². The SMILES string of the molecule is Cc1ccccc1CN=CC=C(N)C(=O)C(C)C. The number of carbonyl (C=O) groups excluding carboxylic acids is 1. The van der Waals surface area contributed by atoms with E-state index in [1.165, 1.54) is 11.1 Å². The minimum absolute atomic E-state index is 0.0441. The molecule has 0 spiro atoms. The number of benzene rings is 1. The van der Waals surface area contributed by atoms with E-state index in [-0.39, 0.29) is 17.4 Å². The zero-order valence-corrected chi connectivity index (χ0v) is 11.2. The van der Waals surface area contributed by atoms with Crippen LogP contribution in [-0.2, 0) is 11.3 Å². The number of Topliss-reactive ketones (excluding diaryl/α,β-unsaturated/α-hetero) is 1. The fraction of sp³-hybridized carbons (Fsp3) is 0.333. The Morgan fingerprint density at radius 1 is 1.39 bits per heavy atom. The van der Waals surface area contributed by atoms with Crippen LogP contribution in [0.1, 0.15) is 25.0 Å². The summed E-state index contributed by atoms with van der Waals surface area (Å²) in [6.07, 6.45) is 3.17. The molecule has 3 heteroatoms. The largest absolute Gasteiger partial charge is 0.396 e. The second-order valence-electron chi connectivity index (χ2n) is 4.56. The molecule has 0 bridgehead atoms. The lowest BCUT2D eigenvalue weighted by atomic mass is 10.1. The second kappa shape index (κ2) is 6.74. The molecule has 0 heterocycles. The van der Waals surface area contributed by atoms with Crippen LogP contribution in [0.2, 0.25) is 0 Å². The van der Waals surface area contributed by atoms with Crippen LogP contribution in [0.5, 0.6) is 0 Å². The first-order valence-corrected chi connectivity index (χ1v) is 6.06. The summed E-state index contributed by atoms with van der Waals surface area (Å²) in [7, 11) is 0. The van der Waals surface area contributed by atoms with Crippen molar-refractivity contribution in [2.24, 2.45) is 16.6 Å². The van der Waals surface area contributed by atoms with Crippen molar-refractivity contribution < 1.29 is 4.79 Å². The Bertz CT molecular complexity index is 473. The van der Waals surface area contributed by atoms with Gasteiger partial charge in [-0.15, -0.1) is 0 Å². The Labute approximate surface area is 108 Å². The van der Waals surface area contributed by atoms with Gasteiger partial charge in [-0.3, -0.25) is 9.79 Å². The van der Waals surface area contributed by atoms with E-state index >= 15 is 0 Å². The first-order chi connectivity index (χ1) is 8.52. The molecule has 3 nitrogen and oxygen atoms in total. The second-order valence-corrected chi connectivity index (χ2v) is 4.56. The van der Waals surface area contributed by atoms with Crippen molar-refractivity contribution in [3.8, 4) is 0 Å². The predicted molar refractivity (Wildman–Crippen MR) is 75.5 cm³/mol. The van der Waals surface area contributed by atoms with Gasteiger partial charge in [0.05, 0.1) is 12.2 Å². The van der Waals surface area contributed by atoms with Gasteiger partial charge in [0, 0.05) is 12.1 Å². The van der Waals surface area contributed by atoms with Crippen molar-refractivity contribution in [3.05, 3.63) is 47.2 Å². The summed E-state index contributed by atoms with van der Waals surface area (Å²) in [5, 5.41) is 0. The van der Waals surface area contributed by atoms with E-state index in [2.05, 4.69) is 18.0 Å². The summed E-state index contributed by atoms with van der Waals surface area (Å²) in [6.45, 7) is 6.31. The van der Waals surface area contributed by atoms with Crippen molar-refractivity contribution in [1.29, 1.82) is 0 Å². The molecule has 0 aliphatic heterocycles. The van der Waals surface area contributed by atoms with Gasteiger partial charge in [0.25, 0.3) is 0 Å². The molecule has 0 amide bonds. The van der Waals surface area contributed by atoms with Crippen molar-refractivity contribution in [2.75, 3.05) is 0 Å². The molecule has 0 atom stereocenters. The highest BCUT2D eigenvalue weighted by atomic mass is 16.1. The summed E-state index contributed by atoms with van der Waals surface area (Å²) < 4.78 is 0. The van der Waals surface area contributed by atoms with E-state index in [4.69, 9.17) is 5.73 Å². The molecule has 0 fully saturated rings. The molecule has 18 heavy (non-hydrogen) atoms. The first kappa shape index (κ1) is 14.2. The van der Waals surface area contributed by atoms with Crippen LogP contribution in [0.3, 0.4) is 0 Å². The van der Waals surface area contributed by atoms with Gasteiger partial charge < -0.3 is 5.73 Å². The smallest absolute Gasteiger partial charge is 0.181 e. The van der Waals surface area contributed by atoms with E-state index in [1.54, 1.807) is 12.3 Å². The standard InChI is InChI=1S/C15H20N2O/c1-11(2)15(18)14(16)8-9-17-10-13-7-5-4-6-12(13)3/h4-9,11H,10,16H2,1-3H3. The molecular formula is C15H20N2O. The van der Waals surface area contributed by atoms with Gasteiger partial charge in [-0.2, -0.15) is 0 Å². The predicted octanol–water partition coefficient (Wildman–Crippen LogP) is 2.63. The van der Waals surface area contributed by atoms with E-state index in [9.17, 15) is 4.79 Å². The third kappa shape index (κ3) is 4.17. The lowest BCUT2D eigenvalue weighted by Crippen LogP contribution is -2.16. The molecule has 0 radical (unpaired) electrons. The Balaban J connectivity index is 2.59. The number of rotatable bonds is 5. The molecule has 0 aliphatic rings. The van der Waals surface area contributed by atoms with E-state index in [0.29, 0.717) is 6.54 Å². The van der Waals surface area contributed by atoms with Crippen LogP contribution in [0, 0.1) is 12.8 Å². The quantitative estimate of drug-likeness (QED) is 0.639. The Kier molecular flexibility index (Phi) is 5.31. The Morgan fingerprint density at radius 3 is 2.67 bits per heavy atom.